The summed E-state index contributed by atoms with van der Waals surface area (Å²) < 4.78 is 4.91. The molecular formula is C5H14N2O. The van der Waals surface area contributed by atoms with Crippen LogP contribution in [-0.2, 0) is 4.74 Å². The fraction of sp³-hybridized carbons (Fsp3) is 1.00. The quantitative estimate of drug-likeness (QED) is 0.418. The Morgan fingerprint density at radius 2 is 2.00 bits per heavy atom. The molecule has 0 radical (unpaired) electrons. The highest BCUT2D eigenvalue weighted by Gasteiger charge is 1.95. The third-order valence-electron chi connectivity index (χ3n) is 0.794. The Labute approximate surface area is 50.6 Å². The lowest BCUT2D eigenvalue weighted by Crippen LogP contribution is -2.38. The average Bonchev–Trinajstić information content (AvgIpc) is 1.65. The van der Waals surface area contributed by atoms with E-state index in [0.717, 1.165) is 0 Å². The maximum absolute atomic E-state index is 4.91. The summed E-state index contributed by atoms with van der Waals surface area (Å²) in [6, 6.07) is 0. The Hall–Kier alpha value is -0.120. The highest BCUT2D eigenvalue weighted by atomic mass is 16.5. The molecule has 0 bridgehead atoms. The molecular weight excluding hydrogens is 104 g/mol. The highest BCUT2D eigenvalue weighted by molar-refractivity contribution is 4.36. The Balaban J connectivity index is 3.10. The summed E-state index contributed by atoms with van der Waals surface area (Å²) >= 11 is 0. The van der Waals surface area contributed by atoms with Gasteiger partial charge in [-0.1, -0.05) is 0 Å². The minimum absolute atomic E-state index is 0.102. The van der Waals surface area contributed by atoms with Gasteiger partial charge in [0.1, 0.15) is 6.23 Å². The molecule has 1 unspecified atom stereocenters. The van der Waals surface area contributed by atoms with E-state index in [0.29, 0.717) is 0 Å². The van der Waals surface area contributed by atoms with Crippen LogP contribution in [0, 0.1) is 0 Å². The zero-order valence-electron chi connectivity index (χ0n) is 5.93. The molecule has 0 aliphatic heterocycles. The zero-order chi connectivity index (χ0) is 6.57. The van der Waals surface area contributed by atoms with Crippen LogP contribution in [0.1, 0.15) is 6.92 Å². The summed E-state index contributed by atoms with van der Waals surface area (Å²) in [5.41, 5.74) is 3.00. The van der Waals surface area contributed by atoms with Gasteiger partial charge in [0.15, 0.2) is 0 Å². The summed E-state index contributed by atoms with van der Waals surface area (Å²) in [5, 5.41) is 1.86. The summed E-state index contributed by atoms with van der Waals surface area (Å²) in [5.74, 6) is 0. The molecule has 1 atom stereocenters. The fourth-order valence-electron chi connectivity index (χ4n) is 0.416. The van der Waals surface area contributed by atoms with Gasteiger partial charge >= 0.3 is 0 Å². The van der Waals surface area contributed by atoms with E-state index in [2.05, 4.69) is 5.43 Å². The number of rotatable bonds is 3. The molecule has 3 heteroatoms. The van der Waals surface area contributed by atoms with Gasteiger partial charge in [-0.2, -0.15) is 0 Å². The first-order valence-electron chi connectivity index (χ1n) is 2.63. The summed E-state index contributed by atoms with van der Waals surface area (Å²) in [7, 11) is 5.52. The first-order chi connectivity index (χ1) is 3.66. The highest BCUT2D eigenvalue weighted by Crippen LogP contribution is 1.79. The number of hydrogen-bond acceptors (Lipinski definition) is 3. The maximum Gasteiger partial charge on any atom is 0.117 e. The van der Waals surface area contributed by atoms with Crippen LogP contribution in [-0.4, -0.2) is 32.4 Å². The van der Waals surface area contributed by atoms with Crippen molar-refractivity contribution in [1.82, 2.24) is 10.4 Å². The van der Waals surface area contributed by atoms with Gasteiger partial charge in [-0.05, 0) is 6.92 Å². The first kappa shape index (κ1) is 7.88. The van der Waals surface area contributed by atoms with Crippen LogP contribution in [0.3, 0.4) is 0 Å². The van der Waals surface area contributed by atoms with Crippen molar-refractivity contribution >= 4 is 0 Å². The van der Waals surface area contributed by atoms with Crippen molar-refractivity contribution in [3.63, 3.8) is 0 Å². The maximum atomic E-state index is 4.91. The molecule has 0 aromatic heterocycles. The minimum Gasteiger partial charge on any atom is -0.366 e. The predicted molar refractivity (Wildman–Crippen MR) is 33.3 cm³/mol. The molecule has 0 heterocycles. The molecule has 1 N–H and O–H groups in total. The minimum atomic E-state index is 0.102. The zero-order valence-corrected chi connectivity index (χ0v) is 5.93. The molecule has 8 heavy (non-hydrogen) atoms. The number of hydrazine groups is 1. The van der Waals surface area contributed by atoms with E-state index in [1.165, 1.54) is 0 Å². The van der Waals surface area contributed by atoms with E-state index in [4.69, 9.17) is 4.74 Å². The molecule has 0 saturated carbocycles. The fourth-order valence-corrected chi connectivity index (χ4v) is 0.416. The molecule has 0 aromatic carbocycles. The van der Waals surface area contributed by atoms with E-state index < -0.39 is 0 Å². The van der Waals surface area contributed by atoms with E-state index in [9.17, 15) is 0 Å². The van der Waals surface area contributed by atoms with Gasteiger partial charge in [0.05, 0.1) is 0 Å². The van der Waals surface area contributed by atoms with Crippen LogP contribution in [0.5, 0.6) is 0 Å². The molecule has 0 rings (SSSR count). The van der Waals surface area contributed by atoms with Crippen LogP contribution in [0.15, 0.2) is 0 Å². The van der Waals surface area contributed by atoms with Crippen molar-refractivity contribution in [2.24, 2.45) is 0 Å². The van der Waals surface area contributed by atoms with Crippen LogP contribution in [0.4, 0.5) is 0 Å². The third-order valence-corrected chi connectivity index (χ3v) is 0.794. The largest absolute Gasteiger partial charge is 0.366 e. The van der Waals surface area contributed by atoms with Gasteiger partial charge in [-0.25, -0.2) is 10.4 Å². The second-order valence-electron chi connectivity index (χ2n) is 1.90. The Kier molecular flexibility index (Phi) is 3.77. The van der Waals surface area contributed by atoms with E-state index in [1.807, 2.05) is 26.0 Å². The van der Waals surface area contributed by atoms with Crippen molar-refractivity contribution < 1.29 is 4.74 Å². The van der Waals surface area contributed by atoms with Crippen LogP contribution >= 0.6 is 0 Å². The second-order valence-corrected chi connectivity index (χ2v) is 1.90. The lowest BCUT2D eigenvalue weighted by molar-refractivity contribution is 0.0345. The molecule has 0 amide bonds. The summed E-state index contributed by atoms with van der Waals surface area (Å²) in [4.78, 5) is 0. The van der Waals surface area contributed by atoms with Gasteiger partial charge < -0.3 is 4.74 Å². The molecule has 0 saturated heterocycles. The smallest absolute Gasteiger partial charge is 0.117 e. The van der Waals surface area contributed by atoms with Gasteiger partial charge in [-0.15, -0.1) is 0 Å². The van der Waals surface area contributed by atoms with Crippen molar-refractivity contribution in [3.05, 3.63) is 0 Å². The Morgan fingerprint density at radius 1 is 1.50 bits per heavy atom. The van der Waals surface area contributed by atoms with Crippen LogP contribution in [0.25, 0.3) is 0 Å². The van der Waals surface area contributed by atoms with Crippen molar-refractivity contribution in [3.8, 4) is 0 Å². The number of methoxy groups -OCH3 is 1. The Morgan fingerprint density at radius 3 is 2.12 bits per heavy atom. The Bertz CT molecular complexity index is 56.4. The first-order valence-corrected chi connectivity index (χ1v) is 2.63. The lowest BCUT2D eigenvalue weighted by atomic mass is 10.7. The monoisotopic (exact) mass is 118 g/mol. The molecule has 50 valence electrons. The summed E-state index contributed by atoms with van der Waals surface area (Å²) in [6.07, 6.45) is 0.102. The molecule has 3 nitrogen and oxygen atoms in total. The molecule has 0 spiro atoms. The van der Waals surface area contributed by atoms with Crippen molar-refractivity contribution in [1.29, 1.82) is 0 Å². The van der Waals surface area contributed by atoms with E-state index in [1.54, 1.807) is 7.11 Å². The van der Waals surface area contributed by atoms with Gasteiger partial charge in [0.25, 0.3) is 0 Å². The van der Waals surface area contributed by atoms with Gasteiger partial charge in [-0.3, -0.25) is 0 Å². The van der Waals surface area contributed by atoms with Crippen molar-refractivity contribution in [2.75, 3.05) is 21.2 Å². The van der Waals surface area contributed by atoms with Gasteiger partial charge in [0, 0.05) is 21.2 Å². The number of nitrogens with one attached hydrogen (secondary N) is 1. The predicted octanol–water partition coefficient (Wildman–Crippen LogP) is 0.0450. The third kappa shape index (κ3) is 4.05. The average molecular weight is 118 g/mol. The van der Waals surface area contributed by atoms with Gasteiger partial charge in [0.2, 0.25) is 0 Å². The SMILES string of the molecule is COC(C)NN(C)C. The molecule has 0 fully saturated rings. The lowest BCUT2D eigenvalue weighted by Gasteiger charge is -2.16. The molecule has 0 aliphatic rings. The van der Waals surface area contributed by atoms with Crippen molar-refractivity contribution in [2.45, 2.75) is 13.2 Å². The van der Waals surface area contributed by atoms with Crippen LogP contribution in [0.2, 0.25) is 0 Å². The molecule has 0 aliphatic carbocycles. The normalized spacial score (nSPS) is 14.6. The molecule has 0 aromatic rings. The number of hydrogen-bond donors (Lipinski definition) is 1. The summed E-state index contributed by atoms with van der Waals surface area (Å²) in [6.45, 7) is 1.94. The number of ether oxygens (including phenoxy) is 1. The van der Waals surface area contributed by atoms with Crippen LogP contribution < -0.4 is 5.43 Å². The second kappa shape index (κ2) is 3.83. The standard InChI is InChI=1S/C5H14N2O/c1-5(8-4)6-7(2)3/h5-6H,1-4H3. The number of nitrogens with zero attached hydrogens (tertiary/aromatic N) is 1. The topological polar surface area (TPSA) is 24.5 Å². The van der Waals surface area contributed by atoms with E-state index >= 15 is 0 Å². The van der Waals surface area contributed by atoms with E-state index in [-0.39, 0.29) is 6.23 Å².